The highest BCUT2D eigenvalue weighted by atomic mass is 16.5. The van der Waals surface area contributed by atoms with Crippen LogP contribution < -0.4 is 5.32 Å². The number of rotatable bonds is 9. The van der Waals surface area contributed by atoms with Crippen LogP contribution >= 0.6 is 0 Å². The molecule has 23 heavy (non-hydrogen) atoms. The number of carbonyl (C=O) groups is 1. The molecule has 1 amide bonds. The van der Waals surface area contributed by atoms with Crippen LogP contribution in [0.15, 0.2) is 0 Å². The first kappa shape index (κ1) is 18.6. The maximum atomic E-state index is 11.9. The standard InChI is InChI=1S/C17H33N3O3/c1-22-12-2-6-18-17(21)15-20-8-4-16(5-9-20)3-7-19-10-13-23-14-11-19/h16H,2-15H2,1H3,(H,18,21). The topological polar surface area (TPSA) is 54.0 Å². The molecule has 2 fully saturated rings. The van der Waals surface area contributed by atoms with Gasteiger partial charge in [-0.1, -0.05) is 0 Å². The van der Waals surface area contributed by atoms with Crippen molar-refractivity contribution in [2.24, 2.45) is 5.92 Å². The zero-order valence-corrected chi connectivity index (χ0v) is 14.6. The van der Waals surface area contributed by atoms with Gasteiger partial charge in [-0.25, -0.2) is 0 Å². The van der Waals surface area contributed by atoms with Crippen LogP contribution in [0, 0.1) is 5.92 Å². The summed E-state index contributed by atoms with van der Waals surface area (Å²) in [5, 5.41) is 2.97. The van der Waals surface area contributed by atoms with Gasteiger partial charge in [0.2, 0.25) is 5.91 Å². The molecule has 6 nitrogen and oxygen atoms in total. The number of carbonyl (C=O) groups excluding carboxylic acids is 1. The van der Waals surface area contributed by atoms with Crippen molar-refractivity contribution in [2.75, 3.05) is 72.7 Å². The van der Waals surface area contributed by atoms with Crippen molar-refractivity contribution in [1.82, 2.24) is 15.1 Å². The Morgan fingerprint density at radius 1 is 1.17 bits per heavy atom. The Bertz CT molecular complexity index is 327. The maximum absolute atomic E-state index is 11.9. The molecule has 0 spiro atoms. The molecule has 0 radical (unpaired) electrons. The first-order valence-electron chi connectivity index (χ1n) is 9.06. The van der Waals surface area contributed by atoms with Crippen LogP contribution in [0.5, 0.6) is 0 Å². The number of amides is 1. The van der Waals surface area contributed by atoms with Crippen molar-refractivity contribution < 1.29 is 14.3 Å². The van der Waals surface area contributed by atoms with Crippen LogP contribution in [-0.2, 0) is 14.3 Å². The summed E-state index contributed by atoms with van der Waals surface area (Å²) in [4.78, 5) is 16.7. The fraction of sp³-hybridized carbons (Fsp3) is 0.941. The highest BCUT2D eigenvalue weighted by Gasteiger charge is 2.21. The first-order chi connectivity index (χ1) is 11.3. The summed E-state index contributed by atoms with van der Waals surface area (Å²) in [5.41, 5.74) is 0. The summed E-state index contributed by atoms with van der Waals surface area (Å²) >= 11 is 0. The molecule has 0 aromatic heterocycles. The summed E-state index contributed by atoms with van der Waals surface area (Å²) < 4.78 is 10.4. The van der Waals surface area contributed by atoms with Gasteiger partial charge in [-0.15, -0.1) is 0 Å². The maximum Gasteiger partial charge on any atom is 0.234 e. The van der Waals surface area contributed by atoms with Gasteiger partial charge in [0, 0.05) is 33.4 Å². The number of methoxy groups -OCH3 is 1. The molecule has 6 heteroatoms. The third-order valence-electron chi connectivity index (χ3n) is 4.88. The van der Waals surface area contributed by atoms with E-state index in [1.807, 2.05) is 0 Å². The molecule has 0 aromatic carbocycles. The molecule has 0 aromatic rings. The first-order valence-corrected chi connectivity index (χ1v) is 9.06. The fourth-order valence-electron chi connectivity index (χ4n) is 3.33. The van der Waals surface area contributed by atoms with Gasteiger partial charge >= 0.3 is 0 Å². The molecule has 2 aliphatic rings. The van der Waals surface area contributed by atoms with E-state index in [0.29, 0.717) is 19.7 Å². The summed E-state index contributed by atoms with van der Waals surface area (Å²) in [6.07, 6.45) is 4.62. The second-order valence-electron chi connectivity index (χ2n) is 6.66. The number of nitrogens with one attached hydrogen (secondary N) is 1. The average molecular weight is 327 g/mol. The summed E-state index contributed by atoms with van der Waals surface area (Å²) in [7, 11) is 1.69. The van der Waals surface area contributed by atoms with E-state index in [1.54, 1.807) is 7.11 Å². The highest BCUT2D eigenvalue weighted by Crippen LogP contribution is 2.20. The molecule has 0 bridgehead atoms. The molecule has 2 aliphatic heterocycles. The van der Waals surface area contributed by atoms with Gasteiger partial charge in [-0.2, -0.15) is 0 Å². The van der Waals surface area contributed by atoms with Crippen LogP contribution in [0.2, 0.25) is 0 Å². The zero-order valence-electron chi connectivity index (χ0n) is 14.6. The van der Waals surface area contributed by atoms with Crippen LogP contribution in [0.4, 0.5) is 0 Å². The molecule has 1 N–H and O–H groups in total. The Labute approximate surface area is 140 Å². The van der Waals surface area contributed by atoms with Crippen LogP contribution in [0.1, 0.15) is 25.7 Å². The van der Waals surface area contributed by atoms with E-state index >= 15 is 0 Å². The predicted octanol–water partition coefficient (Wildman–Crippen LogP) is 0.573. The zero-order chi connectivity index (χ0) is 16.3. The van der Waals surface area contributed by atoms with E-state index < -0.39 is 0 Å². The lowest BCUT2D eigenvalue weighted by Gasteiger charge is -2.33. The molecule has 2 saturated heterocycles. The van der Waals surface area contributed by atoms with E-state index in [-0.39, 0.29) is 5.91 Å². The summed E-state index contributed by atoms with van der Waals surface area (Å²) in [6, 6.07) is 0. The number of hydrogen-bond acceptors (Lipinski definition) is 5. The normalized spacial score (nSPS) is 21.4. The molecule has 0 aliphatic carbocycles. The third kappa shape index (κ3) is 7.61. The minimum atomic E-state index is 0.146. The van der Waals surface area contributed by atoms with Gasteiger partial charge in [0.15, 0.2) is 0 Å². The minimum Gasteiger partial charge on any atom is -0.385 e. The Balaban J connectivity index is 1.52. The number of hydrogen-bond donors (Lipinski definition) is 1. The monoisotopic (exact) mass is 327 g/mol. The number of nitrogens with zero attached hydrogens (tertiary/aromatic N) is 2. The molecule has 0 atom stereocenters. The van der Waals surface area contributed by atoms with Crippen LogP contribution in [0.25, 0.3) is 0 Å². The minimum absolute atomic E-state index is 0.146. The smallest absolute Gasteiger partial charge is 0.234 e. The van der Waals surface area contributed by atoms with Gasteiger partial charge in [0.1, 0.15) is 0 Å². The second-order valence-corrected chi connectivity index (χ2v) is 6.66. The van der Waals surface area contributed by atoms with Gasteiger partial charge in [-0.05, 0) is 51.2 Å². The SMILES string of the molecule is COCCCNC(=O)CN1CCC(CCN2CCOCC2)CC1. The van der Waals surface area contributed by atoms with E-state index in [4.69, 9.17) is 9.47 Å². The van der Waals surface area contributed by atoms with Crippen LogP contribution in [-0.4, -0.2) is 88.5 Å². The van der Waals surface area contributed by atoms with Crippen molar-refractivity contribution >= 4 is 5.91 Å². The largest absolute Gasteiger partial charge is 0.385 e. The van der Waals surface area contributed by atoms with Crippen molar-refractivity contribution in [3.63, 3.8) is 0 Å². The molecule has 2 heterocycles. The van der Waals surface area contributed by atoms with E-state index in [9.17, 15) is 4.79 Å². The van der Waals surface area contributed by atoms with Gasteiger partial charge in [0.25, 0.3) is 0 Å². The molecule has 134 valence electrons. The van der Waals surface area contributed by atoms with Crippen LogP contribution in [0.3, 0.4) is 0 Å². The number of likely N-dealkylation sites (tertiary alicyclic amines) is 1. The Hall–Kier alpha value is -0.690. The average Bonchev–Trinajstić information content (AvgIpc) is 2.59. The van der Waals surface area contributed by atoms with Crippen molar-refractivity contribution in [2.45, 2.75) is 25.7 Å². The lowest BCUT2D eigenvalue weighted by Crippen LogP contribution is -2.42. The Morgan fingerprint density at radius 2 is 1.91 bits per heavy atom. The van der Waals surface area contributed by atoms with E-state index in [2.05, 4.69) is 15.1 Å². The van der Waals surface area contributed by atoms with Gasteiger partial charge in [-0.3, -0.25) is 14.6 Å². The Morgan fingerprint density at radius 3 is 2.61 bits per heavy atom. The van der Waals surface area contributed by atoms with Crippen molar-refractivity contribution in [3.05, 3.63) is 0 Å². The predicted molar refractivity (Wildman–Crippen MR) is 90.5 cm³/mol. The summed E-state index contributed by atoms with van der Waals surface area (Å²) in [6.45, 7) is 9.22. The third-order valence-corrected chi connectivity index (χ3v) is 4.88. The number of piperidine rings is 1. The molecule has 0 unspecified atom stereocenters. The lowest BCUT2D eigenvalue weighted by atomic mass is 9.93. The molecule has 2 rings (SSSR count). The lowest BCUT2D eigenvalue weighted by molar-refractivity contribution is -0.122. The molecular formula is C17H33N3O3. The van der Waals surface area contributed by atoms with E-state index in [1.165, 1.54) is 25.8 Å². The Kier molecular flexibility index (Phi) is 8.89. The molecule has 0 saturated carbocycles. The fourth-order valence-corrected chi connectivity index (χ4v) is 3.33. The number of morpholine rings is 1. The number of ether oxygens (including phenoxy) is 2. The van der Waals surface area contributed by atoms with Crippen molar-refractivity contribution in [3.8, 4) is 0 Å². The van der Waals surface area contributed by atoms with Gasteiger partial charge in [0.05, 0.1) is 19.8 Å². The quantitative estimate of drug-likeness (QED) is 0.628. The van der Waals surface area contributed by atoms with E-state index in [0.717, 1.165) is 51.7 Å². The summed E-state index contributed by atoms with van der Waals surface area (Å²) in [5.74, 6) is 0.965. The van der Waals surface area contributed by atoms with Crippen molar-refractivity contribution in [1.29, 1.82) is 0 Å². The van der Waals surface area contributed by atoms with Gasteiger partial charge < -0.3 is 14.8 Å². The highest BCUT2D eigenvalue weighted by molar-refractivity contribution is 5.77. The molecular weight excluding hydrogens is 294 g/mol. The second kappa shape index (κ2) is 11.0.